The highest BCUT2D eigenvalue weighted by atomic mass is 79.9. The summed E-state index contributed by atoms with van der Waals surface area (Å²) in [4.78, 5) is 13.1. The topological polar surface area (TPSA) is 102 Å². The maximum Gasteiger partial charge on any atom is 0.292 e. The van der Waals surface area contributed by atoms with E-state index in [2.05, 4.69) is 25.6 Å². The van der Waals surface area contributed by atoms with Crippen molar-refractivity contribution >= 4 is 37.3 Å². The molecule has 7 nitrogen and oxygen atoms in total. The first-order valence-electron chi connectivity index (χ1n) is 5.38. The number of nitro benzene ring substituents is 1. The lowest BCUT2D eigenvalue weighted by atomic mass is 10.3. The van der Waals surface area contributed by atoms with Crippen LogP contribution in [0, 0.1) is 15.9 Å². The molecule has 0 fully saturated rings. The van der Waals surface area contributed by atoms with Crippen molar-refractivity contribution in [3.8, 4) is 0 Å². The van der Waals surface area contributed by atoms with Crippen LogP contribution in [-0.2, 0) is 10.0 Å². The lowest BCUT2D eigenvalue weighted by molar-refractivity contribution is -0.388. The fraction of sp³-hybridized carbons (Fsp3) is 0. The molecule has 0 aliphatic rings. The SMILES string of the molecule is O=[N+]([O-])c1cc(F)ccc1S(=O)(=O)Nc1cccnc1Br. The Hall–Kier alpha value is -2.07. The van der Waals surface area contributed by atoms with Gasteiger partial charge in [0.2, 0.25) is 0 Å². The number of nitrogens with one attached hydrogen (secondary N) is 1. The molecule has 0 spiro atoms. The largest absolute Gasteiger partial charge is 0.292 e. The second-order valence-electron chi connectivity index (χ2n) is 3.82. The van der Waals surface area contributed by atoms with Gasteiger partial charge in [-0.05, 0) is 40.2 Å². The van der Waals surface area contributed by atoms with Crippen molar-refractivity contribution in [3.05, 3.63) is 57.1 Å². The molecule has 110 valence electrons. The number of hydrogen-bond donors (Lipinski definition) is 1. The number of rotatable bonds is 4. The van der Waals surface area contributed by atoms with Gasteiger partial charge < -0.3 is 0 Å². The van der Waals surface area contributed by atoms with Crippen LogP contribution in [0.25, 0.3) is 0 Å². The average molecular weight is 376 g/mol. The molecule has 0 unspecified atom stereocenters. The van der Waals surface area contributed by atoms with Crippen molar-refractivity contribution in [1.82, 2.24) is 4.98 Å². The van der Waals surface area contributed by atoms with Gasteiger partial charge in [-0.15, -0.1) is 0 Å². The molecule has 21 heavy (non-hydrogen) atoms. The molecule has 2 rings (SSSR count). The van der Waals surface area contributed by atoms with Gasteiger partial charge in [0, 0.05) is 6.20 Å². The van der Waals surface area contributed by atoms with Crippen LogP contribution in [-0.4, -0.2) is 18.3 Å². The normalized spacial score (nSPS) is 11.1. The first-order valence-corrected chi connectivity index (χ1v) is 7.66. The molecule has 10 heteroatoms. The van der Waals surface area contributed by atoms with Crippen LogP contribution in [0.3, 0.4) is 0 Å². The number of pyridine rings is 1. The fourth-order valence-electron chi connectivity index (χ4n) is 1.52. The Morgan fingerprint density at radius 3 is 2.67 bits per heavy atom. The first kappa shape index (κ1) is 15.3. The van der Waals surface area contributed by atoms with Crippen LogP contribution in [0.4, 0.5) is 15.8 Å². The maximum absolute atomic E-state index is 13.0. The second kappa shape index (κ2) is 5.74. The summed E-state index contributed by atoms with van der Waals surface area (Å²) in [5.74, 6) is -0.900. The van der Waals surface area contributed by atoms with Crippen LogP contribution < -0.4 is 4.72 Å². The summed E-state index contributed by atoms with van der Waals surface area (Å²) >= 11 is 3.05. The van der Waals surface area contributed by atoms with E-state index in [0.717, 1.165) is 12.1 Å². The lowest BCUT2D eigenvalue weighted by Crippen LogP contribution is -2.15. The molecule has 0 atom stereocenters. The Kier molecular flexibility index (Phi) is 4.19. The van der Waals surface area contributed by atoms with Gasteiger partial charge in [0.1, 0.15) is 10.4 Å². The minimum absolute atomic E-state index is 0.108. The summed E-state index contributed by atoms with van der Waals surface area (Å²) in [5.41, 5.74) is -0.737. The summed E-state index contributed by atoms with van der Waals surface area (Å²) in [7, 11) is -4.26. The first-order chi connectivity index (χ1) is 9.81. The molecule has 0 amide bonds. The van der Waals surface area contributed by atoms with Crippen molar-refractivity contribution in [2.75, 3.05) is 4.72 Å². The Morgan fingerprint density at radius 2 is 2.05 bits per heavy atom. The standard InChI is InChI=1S/C11H7BrFN3O4S/c12-11-8(2-1-5-14-11)15-21(19,20)10-4-3-7(13)6-9(10)16(17)18/h1-6,15H. The number of nitrogens with zero attached hydrogens (tertiary/aromatic N) is 2. The van der Waals surface area contributed by atoms with E-state index in [1.807, 2.05) is 0 Å². The number of hydrogen-bond acceptors (Lipinski definition) is 5. The fourth-order valence-corrected chi connectivity index (χ4v) is 3.22. The second-order valence-corrected chi connectivity index (χ2v) is 6.22. The molecule has 1 heterocycles. The molecule has 0 bridgehead atoms. The van der Waals surface area contributed by atoms with Crippen molar-refractivity contribution in [3.63, 3.8) is 0 Å². The highest BCUT2D eigenvalue weighted by molar-refractivity contribution is 9.10. The number of sulfonamides is 1. The number of halogens is 2. The van der Waals surface area contributed by atoms with Gasteiger partial charge in [-0.3, -0.25) is 14.8 Å². The zero-order chi connectivity index (χ0) is 15.6. The third-order valence-electron chi connectivity index (χ3n) is 2.41. The predicted molar refractivity (Wildman–Crippen MR) is 75.8 cm³/mol. The van der Waals surface area contributed by atoms with E-state index < -0.39 is 31.3 Å². The van der Waals surface area contributed by atoms with Gasteiger partial charge in [0.25, 0.3) is 15.7 Å². The Balaban J connectivity index is 2.50. The Labute approximate surface area is 127 Å². The van der Waals surface area contributed by atoms with E-state index in [0.29, 0.717) is 6.07 Å². The van der Waals surface area contributed by atoms with Crippen LogP contribution in [0.1, 0.15) is 0 Å². The van der Waals surface area contributed by atoms with Gasteiger partial charge in [0.15, 0.2) is 4.90 Å². The van der Waals surface area contributed by atoms with Crippen molar-refractivity contribution in [1.29, 1.82) is 0 Å². The van der Waals surface area contributed by atoms with Gasteiger partial charge in [-0.1, -0.05) is 0 Å². The minimum atomic E-state index is -4.26. The van der Waals surface area contributed by atoms with E-state index in [-0.39, 0.29) is 10.3 Å². The Bertz CT molecular complexity index is 813. The maximum atomic E-state index is 13.0. The zero-order valence-electron chi connectivity index (χ0n) is 10.2. The van der Waals surface area contributed by atoms with Gasteiger partial charge in [0.05, 0.1) is 16.7 Å². The quantitative estimate of drug-likeness (QED) is 0.502. The molecule has 1 N–H and O–H groups in total. The van der Waals surface area contributed by atoms with E-state index in [4.69, 9.17) is 0 Å². The number of anilines is 1. The molecule has 1 aromatic carbocycles. The monoisotopic (exact) mass is 375 g/mol. The van der Waals surface area contributed by atoms with Crippen molar-refractivity contribution < 1.29 is 17.7 Å². The molecular weight excluding hydrogens is 369 g/mol. The van der Waals surface area contributed by atoms with Crippen LogP contribution in [0.2, 0.25) is 0 Å². The zero-order valence-corrected chi connectivity index (χ0v) is 12.6. The van der Waals surface area contributed by atoms with Crippen molar-refractivity contribution in [2.24, 2.45) is 0 Å². The number of nitro groups is 1. The Morgan fingerprint density at radius 1 is 1.33 bits per heavy atom. The average Bonchev–Trinajstić information content (AvgIpc) is 2.40. The minimum Gasteiger partial charge on any atom is -0.277 e. The summed E-state index contributed by atoms with van der Waals surface area (Å²) < 4.78 is 39.8. The van der Waals surface area contributed by atoms with E-state index in [1.54, 1.807) is 0 Å². The number of benzene rings is 1. The third-order valence-corrected chi connectivity index (χ3v) is 4.46. The summed E-state index contributed by atoms with van der Waals surface area (Å²) in [5, 5.41) is 10.9. The molecule has 0 aliphatic carbocycles. The van der Waals surface area contributed by atoms with Crippen LogP contribution in [0.5, 0.6) is 0 Å². The molecule has 0 saturated carbocycles. The third kappa shape index (κ3) is 3.34. The molecule has 0 aliphatic heterocycles. The van der Waals surface area contributed by atoms with Crippen LogP contribution >= 0.6 is 15.9 Å². The molecular formula is C11H7BrFN3O4S. The summed E-state index contributed by atoms with van der Waals surface area (Å²) in [6.07, 6.45) is 1.43. The highest BCUT2D eigenvalue weighted by Crippen LogP contribution is 2.28. The smallest absolute Gasteiger partial charge is 0.277 e. The van der Waals surface area contributed by atoms with Gasteiger partial charge in [-0.25, -0.2) is 17.8 Å². The number of aromatic nitrogens is 1. The summed E-state index contributed by atoms with van der Waals surface area (Å²) in [6.45, 7) is 0. The van der Waals surface area contributed by atoms with Gasteiger partial charge >= 0.3 is 0 Å². The van der Waals surface area contributed by atoms with Crippen LogP contribution in [0.15, 0.2) is 46.0 Å². The molecule has 0 radical (unpaired) electrons. The molecule has 2 aromatic rings. The predicted octanol–water partition coefficient (Wildman–Crippen LogP) is 2.69. The van der Waals surface area contributed by atoms with E-state index in [9.17, 15) is 22.9 Å². The van der Waals surface area contributed by atoms with E-state index in [1.165, 1.54) is 18.3 Å². The molecule has 1 aromatic heterocycles. The van der Waals surface area contributed by atoms with Crippen molar-refractivity contribution in [2.45, 2.75) is 4.90 Å². The summed E-state index contributed by atoms with van der Waals surface area (Å²) in [6, 6.07) is 5.12. The molecule has 0 saturated heterocycles. The van der Waals surface area contributed by atoms with Gasteiger partial charge in [-0.2, -0.15) is 0 Å². The lowest BCUT2D eigenvalue weighted by Gasteiger charge is -2.09. The van der Waals surface area contributed by atoms with E-state index >= 15 is 0 Å². The highest BCUT2D eigenvalue weighted by Gasteiger charge is 2.27.